The molecular formula is C14H16N4OS. The number of imidazole rings is 2. The predicted molar refractivity (Wildman–Crippen MR) is 80.2 cm³/mol. The molecule has 3 rings (SSSR count). The lowest BCUT2D eigenvalue weighted by Crippen LogP contribution is -1.95. The molecule has 2 heterocycles. The number of aromatic amines is 1. The Bertz CT molecular complexity index is 678. The van der Waals surface area contributed by atoms with E-state index in [9.17, 15) is 0 Å². The number of methoxy groups -OCH3 is 1. The van der Waals surface area contributed by atoms with Gasteiger partial charge in [0.15, 0.2) is 5.16 Å². The molecule has 1 N–H and O–H groups in total. The Labute approximate surface area is 121 Å². The maximum Gasteiger partial charge on any atom is 0.166 e. The molecule has 0 saturated heterocycles. The maximum atomic E-state index is 5.21. The summed E-state index contributed by atoms with van der Waals surface area (Å²) >= 11 is 1.74. The highest BCUT2D eigenvalue weighted by molar-refractivity contribution is 7.99. The first kappa shape index (κ1) is 13.1. The van der Waals surface area contributed by atoms with Crippen molar-refractivity contribution in [3.8, 4) is 5.75 Å². The van der Waals surface area contributed by atoms with Crippen LogP contribution < -0.4 is 4.74 Å². The fourth-order valence-electron chi connectivity index (χ4n) is 2.00. The number of nitrogens with one attached hydrogen (secondary N) is 1. The number of benzene rings is 1. The molecule has 5 nitrogen and oxygen atoms in total. The van der Waals surface area contributed by atoms with Gasteiger partial charge in [-0.3, -0.25) is 0 Å². The van der Waals surface area contributed by atoms with Crippen molar-refractivity contribution in [3.05, 3.63) is 36.9 Å². The SMILES string of the molecule is COc1ccc2nc(SCCCn3ccnc3)[nH]c2c1. The van der Waals surface area contributed by atoms with E-state index in [1.807, 2.05) is 30.7 Å². The molecule has 0 radical (unpaired) electrons. The number of H-pyrrole nitrogens is 1. The molecule has 0 saturated carbocycles. The average molecular weight is 288 g/mol. The summed E-state index contributed by atoms with van der Waals surface area (Å²) in [5.41, 5.74) is 1.99. The second kappa shape index (κ2) is 6.00. The normalized spacial score (nSPS) is 11.1. The number of nitrogens with zero attached hydrogens (tertiary/aromatic N) is 3. The summed E-state index contributed by atoms with van der Waals surface area (Å²) in [5.74, 6) is 1.87. The smallest absolute Gasteiger partial charge is 0.166 e. The minimum Gasteiger partial charge on any atom is -0.497 e. The van der Waals surface area contributed by atoms with Crippen molar-refractivity contribution in [2.45, 2.75) is 18.1 Å². The monoisotopic (exact) mass is 288 g/mol. The van der Waals surface area contributed by atoms with Crippen LogP contribution in [0.4, 0.5) is 0 Å². The van der Waals surface area contributed by atoms with E-state index in [0.29, 0.717) is 0 Å². The summed E-state index contributed by atoms with van der Waals surface area (Å²) in [6.07, 6.45) is 6.72. The first-order chi connectivity index (χ1) is 9.85. The van der Waals surface area contributed by atoms with E-state index in [-0.39, 0.29) is 0 Å². The Hall–Kier alpha value is -1.95. The molecule has 0 atom stereocenters. The molecule has 2 aromatic heterocycles. The van der Waals surface area contributed by atoms with E-state index in [1.165, 1.54) is 0 Å². The van der Waals surface area contributed by atoms with Crippen LogP contribution in [0.25, 0.3) is 11.0 Å². The fourth-order valence-corrected chi connectivity index (χ4v) is 2.81. The zero-order valence-electron chi connectivity index (χ0n) is 11.2. The summed E-state index contributed by atoms with van der Waals surface area (Å²) in [4.78, 5) is 11.9. The number of thioether (sulfide) groups is 1. The van der Waals surface area contributed by atoms with Crippen molar-refractivity contribution in [3.63, 3.8) is 0 Å². The zero-order chi connectivity index (χ0) is 13.8. The van der Waals surface area contributed by atoms with Crippen molar-refractivity contribution in [2.24, 2.45) is 0 Å². The Morgan fingerprint density at radius 1 is 1.40 bits per heavy atom. The minimum absolute atomic E-state index is 0.845. The van der Waals surface area contributed by atoms with E-state index in [1.54, 1.807) is 25.1 Å². The zero-order valence-corrected chi connectivity index (χ0v) is 12.1. The van der Waals surface area contributed by atoms with Crippen molar-refractivity contribution < 1.29 is 4.74 Å². The molecule has 0 aliphatic carbocycles. The van der Waals surface area contributed by atoms with Crippen LogP contribution in [0.15, 0.2) is 42.1 Å². The Morgan fingerprint density at radius 2 is 2.35 bits per heavy atom. The first-order valence-corrected chi connectivity index (χ1v) is 7.46. The molecule has 0 aliphatic heterocycles. The second-order valence-electron chi connectivity index (χ2n) is 4.43. The lowest BCUT2D eigenvalue weighted by molar-refractivity contribution is 0.415. The number of hydrogen-bond acceptors (Lipinski definition) is 4. The molecule has 1 aromatic carbocycles. The van der Waals surface area contributed by atoms with Gasteiger partial charge in [0.25, 0.3) is 0 Å². The molecule has 104 valence electrons. The summed E-state index contributed by atoms with van der Waals surface area (Å²) in [6, 6.07) is 5.87. The Kier molecular flexibility index (Phi) is 3.92. The number of ether oxygens (including phenoxy) is 1. The lowest BCUT2D eigenvalue weighted by atomic mass is 10.3. The molecular weight excluding hydrogens is 272 g/mol. The largest absolute Gasteiger partial charge is 0.497 e. The molecule has 0 aliphatic rings. The van der Waals surface area contributed by atoms with Gasteiger partial charge in [-0.05, 0) is 18.6 Å². The molecule has 0 bridgehead atoms. The van der Waals surface area contributed by atoms with Crippen molar-refractivity contribution in [1.82, 2.24) is 19.5 Å². The standard InChI is InChI=1S/C14H16N4OS/c1-19-11-3-4-12-13(9-11)17-14(16-12)20-8-2-6-18-7-5-15-10-18/h3-5,7,9-10H,2,6,8H2,1H3,(H,16,17). The van der Waals surface area contributed by atoms with E-state index in [0.717, 1.165) is 40.7 Å². The van der Waals surface area contributed by atoms with Crippen LogP contribution in [0.1, 0.15) is 6.42 Å². The Morgan fingerprint density at radius 3 is 3.15 bits per heavy atom. The minimum atomic E-state index is 0.845. The third-order valence-electron chi connectivity index (χ3n) is 3.03. The summed E-state index contributed by atoms with van der Waals surface area (Å²) in [6.45, 7) is 0.987. The highest BCUT2D eigenvalue weighted by Gasteiger charge is 2.04. The third kappa shape index (κ3) is 2.96. The summed E-state index contributed by atoms with van der Waals surface area (Å²) in [7, 11) is 1.67. The van der Waals surface area contributed by atoms with Gasteiger partial charge in [0, 0.05) is 30.8 Å². The average Bonchev–Trinajstić information content (AvgIpc) is 3.11. The van der Waals surface area contributed by atoms with Gasteiger partial charge >= 0.3 is 0 Å². The number of aromatic nitrogens is 4. The van der Waals surface area contributed by atoms with Gasteiger partial charge in [0.1, 0.15) is 5.75 Å². The second-order valence-corrected chi connectivity index (χ2v) is 5.51. The fraction of sp³-hybridized carbons (Fsp3) is 0.286. The van der Waals surface area contributed by atoms with Crippen molar-refractivity contribution >= 4 is 22.8 Å². The van der Waals surface area contributed by atoms with Crippen LogP contribution in [-0.4, -0.2) is 32.4 Å². The topological polar surface area (TPSA) is 55.7 Å². The van der Waals surface area contributed by atoms with Crippen LogP contribution >= 0.6 is 11.8 Å². The van der Waals surface area contributed by atoms with E-state index in [4.69, 9.17) is 4.74 Å². The van der Waals surface area contributed by atoms with Gasteiger partial charge < -0.3 is 14.3 Å². The van der Waals surface area contributed by atoms with Crippen LogP contribution in [0.5, 0.6) is 5.75 Å². The predicted octanol–water partition coefficient (Wildman–Crippen LogP) is 2.95. The molecule has 0 fully saturated rings. The van der Waals surface area contributed by atoms with Crippen LogP contribution in [0.3, 0.4) is 0 Å². The van der Waals surface area contributed by atoms with E-state index >= 15 is 0 Å². The molecule has 0 unspecified atom stereocenters. The number of aryl methyl sites for hydroxylation is 1. The van der Waals surface area contributed by atoms with Crippen LogP contribution in [-0.2, 0) is 6.54 Å². The molecule has 3 aromatic rings. The van der Waals surface area contributed by atoms with E-state index in [2.05, 4.69) is 19.5 Å². The number of fused-ring (bicyclic) bond motifs is 1. The highest BCUT2D eigenvalue weighted by Crippen LogP contribution is 2.23. The van der Waals surface area contributed by atoms with Crippen LogP contribution in [0, 0.1) is 0 Å². The first-order valence-electron chi connectivity index (χ1n) is 6.47. The van der Waals surface area contributed by atoms with Gasteiger partial charge in [-0.2, -0.15) is 0 Å². The van der Waals surface area contributed by atoms with Crippen LogP contribution in [0.2, 0.25) is 0 Å². The number of hydrogen-bond donors (Lipinski definition) is 1. The van der Waals surface area contributed by atoms with Crippen molar-refractivity contribution in [2.75, 3.05) is 12.9 Å². The van der Waals surface area contributed by atoms with Gasteiger partial charge in [-0.15, -0.1) is 0 Å². The summed E-state index contributed by atoms with van der Waals surface area (Å²) in [5, 5.41) is 0.957. The molecule has 0 spiro atoms. The van der Waals surface area contributed by atoms with Crippen molar-refractivity contribution in [1.29, 1.82) is 0 Å². The Balaban J connectivity index is 1.57. The lowest BCUT2D eigenvalue weighted by Gasteiger charge is -2.00. The van der Waals surface area contributed by atoms with Gasteiger partial charge in [0.2, 0.25) is 0 Å². The summed E-state index contributed by atoms with van der Waals surface area (Å²) < 4.78 is 7.30. The third-order valence-corrected chi connectivity index (χ3v) is 3.99. The molecule has 0 amide bonds. The quantitative estimate of drug-likeness (QED) is 0.559. The number of rotatable bonds is 6. The van der Waals surface area contributed by atoms with E-state index < -0.39 is 0 Å². The van der Waals surface area contributed by atoms with Gasteiger partial charge in [0.05, 0.1) is 24.5 Å². The molecule has 6 heteroatoms. The highest BCUT2D eigenvalue weighted by atomic mass is 32.2. The van der Waals surface area contributed by atoms with Gasteiger partial charge in [-0.1, -0.05) is 11.8 Å². The molecule has 20 heavy (non-hydrogen) atoms. The maximum absolute atomic E-state index is 5.21. The van der Waals surface area contributed by atoms with Gasteiger partial charge in [-0.25, -0.2) is 9.97 Å².